The molecular formula is C11H15ClN2O2. The zero-order chi connectivity index (χ0) is 12.0. The van der Waals surface area contributed by atoms with E-state index in [9.17, 15) is 4.79 Å². The van der Waals surface area contributed by atoms with E-state index in [-0.39, 0.29) is 6.42 Å². The Bertz CT molecular complexity index is 358. The number of nitrogens with two attached hydrogens (primary N) is 1. The van der Waals surface area contributed by atoms with Crippen molar-refractivity contribution in [3.63, 3.8) is 0 Å². The molecule has 5 heteroatoms. The minimum absolute atomic E-state index is 0.0898. The molecular weight excluding hydrogens is 228 g/mol. The first-order valence-electron chi connectivity index (χ1n) is 5.06. The first-order valence-corrected chi connectivity index (χ1v) is 5.43. The largest absolute Gasteiger partial charge is 0.481 e. The van der Waals surface area contributed by atoms with Crippen molar-refractivity contribution in [2.45, 2.75) is 6.42 Å². The number of carboxylic acid groups (broad SMARTS) is 1. The maximum atomic E-state index is 10.5. The summed E-state index contributed by atoms with van der Waals surface area (Å²) in [5.74, 6) is -0.816. The van der Waals surface area contributed by atoms with Crippen LogP contribution in [0.3, 0.4) is 0 Å². The minimum Gasteiger partial charge on any atom is -0.481 e. The molecule has 0 atom stereocenters. The number of aliphatic carboxylic acids is 1. The second kappa shape index (κ2) is 6.35. The molecule has 0 saturated carbocycles. The fourth-order valence-electron chi connectivity index (χ4n) is 1.43. The van der Waals surface area contributed by atoms with Gasteiger partial charge in [0, 0.05) is 30.3 Å². The summed E-state index contributed by atoms with van der Waals surface area (Å²) in [4.78, 5) is 12.4. The Kier molecular flexibility index (Phi) is 5.08. The summed E-state index contributed by atoms with van der Waals surface area (Å²) in [5.41, 5.74) is 6.39. The molecule has 16 heavy (non-hydrogen) atoms. The van der Waals surface area contributed by atoms with Gasteiger partial charge >= 0.3 is 5.97 Å². The molecule has 0 bridgehead atoms. The summed E-state index contributed by atoms with van der Waals surface area (Å²) in [6, 6.07) is 7.31. The second-order valence-electron chi connectivity index (χ2n) is 3.40. The Morgan fingerprint density at radius 3 is 2.75 bits per heavy atom. The van der Waals surface area contributed by atoms with Crippen molar-refractivity contribution in [1.29, 1.82) is 0 Å². The molecule has 1 rings (SSSR count). The zero-order valence-electron chi connectivity index (χ0n) is 8.90. The third-order valence-electron chi connectivity index (χ3n) is 2.17. The van der Waals surface area contributed by atoms with Crippen LogP contribution in [-0.2, 0) is 4.79 Å². The molecule has 0 aromatic heterocycles. The maximum Gasteiger partial charge on any atom is 0.305 e. The van der Waals surface area contributed by atoms with Crippen molar-refractivity contribution in [1.82, 2.24) is 0 Å². The molecule has 1 aromatic carbocycles. The van der Waals surface area contributed by atoms with Crippen LogP contribution in [0.2, 0.25) is 5.02 Å². The fourth-order valence-corrected chi connectivity index (χ4v) is 1.61. The number of rotatable bonds is 6. The average Bonchev–Trinajstić information content (AvgIpc) is 2.24. The summed E-state index contributed by atoms with van der Waals surface area (Å²) < 4.78 is 0. The van der Waals surface area contributed by atoms with Crippen LogP contribution in [0.15, 0.2) is 24.3 Å². The topological polar surface area (TPSA) is 66.6 Å². The molecule has 0 aliphatic carbocycles. The Balaban J connectivity index is 2.72. The lowest BCUT2D eigenvalue weighted by atomic mass is 10.2. The number of carboxylic acids is 1. The van der Waals surface area contributed by atoms with Crippen molar-refractivity contribution in [2.75, 3.05) is 24.5 Å². The van der Waals surface area contributed by atoms with Gasteiger partial charge in [-0.05, 0) is 18.2 Å². The lowest BCUT2D eigenvalue weighted by molar-refractivity contribution is -0.136. The van der Waals surface area contributed by atoms with Crippen LogP contribution >= 0.6 is 11.6 Å². The van der Waals surface area contributed by atoms with E-state index in [4.69, 9.17) is 22.4 Å². The van der Waals surface area contributed by atoms with E-state index in [1.54, 1.807) is 12.1 Å². The number of halogens is 1. The number of nitrogens with zero attached hydrogens (tertiary/aromatic N) is 1. The first-order chi connectivity index (χ1) is 7.63. The standard InChI is InChI=1S/C11H15ClN2O2/c12-9-2-1-3-10(8-9)14(7-5-13)6-4-11(15)16/h1-3,8H,4-7,13H2,(H,15,16). The maximum absolute atomic E-state index is 10.5. The van der Waals surface area contributed by atoms with E-state index in [0.717, 1.165) is 5.69 Å². The number of hydrogen-bond donors (Lipinski definition) is 2. The predicted molar refractivity (Wildman–Crippen MR) is 65.0 cm³/mol. The van der Waals surface area contributed by atoms with Gasteiger partial charge in [0.1, 0.15) is 0 Å². The van der Waals surface area contributed by atoms with Crippen molar-refractivity contribution in [2.24, 2.45) is 5.73 Å². The SMILES string of the molecule is NCCN(CCC(=O)O)c1cccc(Cl)c1. The molecule has 0 aliphatic rings. The Morgan fingerprint density at radius 2 is 2.19 bits per heavy atom. The average molecular weight is 243 g/mol. The summed E-state index contributed by atoms with van der Waals surface area (Å²) in [7, 11) is 0. The highest BCUT2D eigenvalue weighted by Crippen LogP contribution is 2.19. The number of anilines is 1. The van der Waals surface area contributed by atoms with Crippen LogP contribution in [0.1, 0.15) is 6.42 Å². The predicted octanol–water partition coefficient (Wildman–Crippen LogP) is 1.58. The summed E-state index contributed by atoms with van der Waals surface area (Å²) >= 11 is 5.88. The van der Waals surface area contributed by atoms with E-state index in [1.165, 1.54) is 0 Å². The molecule has 0 unspecified atom stereocenters. The van der Waals surface area contributed by atoms with Gasteiger partial charge in [-0.3, -0.25) is 4.79 Å². The van der Waals surface area contributed by atoms with Crippen molar-refractivity contribution >= 4 is 23.3 Å². The normalized spacial score (nSPS) is 10.1. The zero-order valence-corrected chi connectivity index (χ0v) is 9.65. The van der Waals surface area contributed by atoms with E-state index in [0.29, 0.717) is 24.7 Å². The quantitative estimate of drug-likeness (QED) is 0.795. The monoisotopic (exact) mass is 242 g/mol. The van der Waals surface area contributed by atoms with Crippen LogP contribution in [0.4, 0.5) is 5.69 Å². The van der Waals surface area contributed by atoms with Crippen LogP contribution in [0, 0.1) is 0 Å². The first kappa shape index (κ1) is 12.8. The smallest absolute Gasteiger partial charge is 0.305 e. The Hall–Kier alpha value is -1.26. The molecule has 0 amide bonds. The molecule has 0 heterocycles. The van der Waals surface area contributed by atoms with Crippen LogP contribution in [0.5, 0.6) is 0 Å². The van der Waals surface area contributed by atoms with Gasteiger partial charge in [0.2, 0.25) is 0 Å². The van der Waals surface area contributed by atoms with Gasteiger partial charge in [-0.15, -0.1) is 0 Å². The van der Waals surface area contributed by atoms with Gasteiger partial charge in [-0.25, -0.2) is 0 Å². The van der Waals surface area contributed by atoms with E-state index >= 15 is 0 Å². The highest BCUT2D eigenvalue weighted by Gasteiger charge is 2.08. The summed E-state index contributed by atoms with van der Waals surface area (Å²) in [5, 5.41) is 9.28. The van der Waals surface area contributed by atoms with Crippen LogP contribution < -0.4 is 10.6 Å². The van der Waals surface area contributed by atoms with Crippen molar-refractivity contribution in [3.8, 4) is 0 Å². The molecule has 0 radical (unpaired) electrons. The van der Waals surface area contributed by atoms with Crippen LogP contribution in [0.25, 0.3) is 0 Å². The number of benzene rings is 1. The van der Waals surface area contributed by atoms with E-state index in [2.05, 4.69) is 0 Å². The van der Waals surface area contributed by atoms with E-state index in [1.807, 2.05) is 17.0 Å². The third kappa shape index (κ3) is 4.08. The minimum atomic E-state index is -0.816. The van der Waals surface area contributed by atoms with Crippen molar-refractivity contribution < 1.29 is 9.90 Å². The molecule has 0 saturated heterocycles. The van der Waals surface area contributed by atoms with Gasteiger partial charge in [0.05, 0.1) is 6.42 Å². The van der Waals surface area contributed by atoms with Gasteiger partial charge in [0.25, 0.3) is 0 Å². The highest BCUT2D eigenvalue weighted by atomic mass is 35.5. The van der Waals surface area contributed by atoms with Gasteiger partial charge < -0.3 is 15.7 Å². The van der Waals surface area contributed by atoms with E-state index < -0.39 is 5.97 Å². The number of carbonyl (C=O) groups is 1. The number of hydrogen-bond acceptors (Lipinski definition) is 3. The molecule has 0 fully saturated rings. The molecule has 3 N–H and O–H groups in total. The van der Waals surface area contributed by atoms with Gasteiger partial charge in [0.15, 0.2) is 0 Å². The second-order valence-corrected chi connectivity index (χ2v) is 3.84. The lowest BCUT2D eigenvalue weighted by Gasteiger charge is -2.23. The molecule has 1 aromatic rings. The fraction of sp³-hybridized carbons (Fsp3) is 0.364. The molecule has 88 valence electrons. The molecule has 0 aliphatic heterocycles. The van der Waals surface area contributed by atoms with Crippen molar-refractivity contribution in [3.05, 3.63) is 29.3 Å². The van der Waals surface area contributed by atoms with Gasteiger partial charge in [-0.1, -0.05) is 17.7 Å². The van der Waals surface area contributed by atoms with Crippen LogP contribution in [-0.4, -0.2) is 30.7 Å². The third-order valence-corrected chi connectivity index (χ3v) is 2.40. The lowest BCUT2D eigenvalue weighted by Crippen LogP contribution is -2.31. The Labute approximate surface area is 99.6 Å². The molecule has 0 spiro atoms. The Morgan fingerprint density at radius 1 is 1.44 bits per heavy atom. The summed E-state index contributed by atoms with van der Waals surface area (Å²) in [6.45, 7) is 1.53. The summed E-state index contributed by atoms with van der Waals surface area (Å²) in [6.07, 6.45) is 0.0898. The van der Waals surface area contributed by atoms with Gasteiger partial charge in [-0.2, -0.15) is 0 Å². The highest BCUT2D eigenvalue weighted by molar-refractivity contribution is 6.30. The molecule has 4 nitrogen and oxygen atoms in total.